The molecule has 0 unspecified atom stereocenters. The van der Waals surface area contributed by atoms with Crippen LogP contribution in [-0.2, 0) is 9.53 Å². The van der Waals surface area contributed by atoms with E-state index >= 15 is 0 Å². The lowest BCUT2D eigenvalue weighted by molar-refractivity contribution is -0.151. The highest BCUT2D eigenvalue weighted by molar-refractivity contribution is 5.75. The van der Waals surface area contributed by atoms with Crippen LogP contribution in [0.4, 0.5) is 0 Å². The van der Waals surface area contributed by atoms with Crippen molar-refractivity contribution in [3.05, 3.63) is 23.3 Å². The summed E-state index contributed by atoms with van der Waals surface area (Å²) in [6.45, 7) is 12.2. The maximum absolute atomic E-state index is 11.5. The molecule has 0 aliphatic rings. The van der Waals surface area contributed by atoms with Gasteiger partial charge in [0.1, 0.15) is 6.61 Å². The molecule has 98 valence electrons. The van der Waals surface area contributed by atoms with Gasteiger partial charge in [-0.25, -0.2) is 0 Å². The van der Waals surface area contributed by atoms with Gasteiger partial charge in [-0.1, -0.05) is 17.7 Å². The van der Waals surface area contributed by atoms with Gasteiger partial charge < -0.3 is 4.74 Å². The first-order valence-electron chi connectivity index (χ1n) is 6.22. The highest BCUT2D eigenvalue weighted by Crippen LogP contribution is 2.15. The molecular weight excluding hydrogens is 212 g/mol. The van der Waals surface area contributed by atoms with E-state index in [1.54, 1.807) is 0 Å². The first-order chi connectivity index (χ1) is 7.77. The topological polar surface area (TPSA) is 26.3 Å². The molecule has 2 nitrogen and oxygen atoms in total. The third-order valence-corrected chi connectivity index (χ3v) is 2.57. The molecule has 0 heterocycles. The zero-order valence-electron chi connectivity index (χ0n) is 12.1. The fourth-order valence-electron chi connectivity index (χ4n) is 1.15. The molecule has 0 fully saturated rings. The van der Waals surface area contributed by atoms with E-state index in [0.29, 0.717) is 6.61 Å². The van der Waals surface area contributed by atoms with Gasteiger partial charge in [-0.3, -0.25) is 4.79 Å². The number of carbonyl (C=O) groups excluding carboxylic acids is 1. The fourth-order valence-corrected chi connectivity index (χ4v) is 1.15. The maximum Gasteiger partial charge on any atom is 0.311 e. The van der Waals surface area contributed by atoms with Crippen molar-refractivity contribution in [2.45, 2.75) is 54.4 Å². The number of allylic oxidation sites excluding steroid dienone is 3. The van der Waals surface area contributed by atoms with Crippen molar-refractivity contribution in [3.8, 4) is 0 Å². The Morgan fingerprint density at radius 1 is 1.18 bits per heavy atom. The van der Waals surface area contributed by atoms with Crippen LogP contribution < -0.4 is 0 Å². The third-order valence-electron chi connectivity index (χ3n) is 2.57. The van der Waals surface area contributed by atoms with E-state index in [1.165, 1.54) is 5.57 Å². The molecule has 0 radical (unpaired) electrons. The molecule has 0 amide bonds. The van der Waals surface area contributed by atoms with E-state index in [1.807, 2.05) is 27.7 Å². The number of hydrogen-bond donors (Lipinski definition) is 0. The van der Waals surface area contributed by atoms with Crippen LogP contribution in [0.1, 0.15) is 54.4 Å². The molecule has 0 rings (SSSR count). The molecule has 0 atom stereocenters. The summed E-state index contributed by atoms with van der Waals surface area (Å²) < 4.78 is 5.23. The molecule has 0 aromatic carbocycles. The molecule has 0 aromatic heterocycles. The van der Waals surface area contributed by atoms with E-state index in [0.717, 1.165) is 18.4 Å². The van der Waals surface area contributed by atoms with Gasteiger partial charge in [0.15, 0.2) is 0 Å². The highest BCUT2D eigenvalue weighted by atomic mass is 16.5. The molecule has 0 aliphatic heterocycles. The van der Waals surface area contributed by atoms with Crippen molar-refractivity contribution >= 4 is 5.97 Å². The first-order valence-corrected chi connectivity index (χ1v) is 6.22. The van der Waals surface area contributed by atoms with Crippen LogP contribution in [0.5, 0.6) is 0 Å². The van der Waals surface area contributed by atoms with Gasteiger partial charge in [0.2, 0.25) is 0 Å². The van der Waals surface area contributed by atoms with Gasteiger partial charge >= 0.3 is 5.97 Å². The van der Waals surface area contributed by atoms with E-state index in [-0.39, 0.29) is 5.97 Å². The van der Waals surface area contributed by atoms with E-state index in [9.17, 15) is 4.79 Å². The Bertz CT molecular complexity index is 303. The van der Waals surface area contributed by atoms with Gasteiger partial charge in [0.25, 0.3) is 0 Å². The molecule has 17 heavy (non-hydrogen) atoms. The second-order valence-corrected chi connectivity index (χ2v) is 5.55. The molecule has 0 saturated carbocycles. The normalized spacial score (nSPS) is 13.8. The zero-order valence-corrected chi connectivity index (χ0v) is 12.1. The van der Waals surface area contributed by atoms with Crippen LogP contribution in [0, 0.1) is 5.41 Å². The van der Waals surface area contributed by atoms with Crippen molar-refractivity contribution in [3.63, 3.8) is 0 Å². The highest BCUT2D eigenvalue weighted by Gasteiger charge is 2.22. The Morgan fingerprint density at radius 3 is 2.24 bits per heavy atom. The second kappa shape index (κ2) is 7.31. The minimum atomic E-state index is -0.415. The fraction of sp³-hybridized carbons (Fsp3) is 0.667. The number of esters is 1. The predicted molar refractivity (Wildman–Crippen MR) is 72.8 cm³/mol. The largest absolute Gasteiger partial charge is 0.461 e. The van der Waals surface area contributed by atoms with Crippen molar-refractivity contribution in [1.82, 2.24) is 0 Å². The van der Waals surface area contributed by atoms with Crippen LogP contribution in [0.2, 0.25) is 0 Å². The van der Waals surface area contributed by atoms with Gasteiger partial charge in [-0.2, -0.15) is 0 Å². The first kappa shape index (κ1) is 16.0. The van der Waals surface area contributed by atoms with Gasteiger partial charge in [-0.15, -0.1) is 0 Å². The van der Waals surface area contributed by atoms with Crippen LogP contribution in [-0.4, -0.2) is 12.6 Å². The number of carbonyl (C=O) groups is 1. The van der Waals surface area contributed by atoms with Gasteiger partial charge in [-0.05, 0) is 60.0 Å². The number of ether oxygens (including phenoxy) is 1. The average Bonchev–Trinajstić information content (AvgIpc) is 2.24. The summed E-state index contributed by atoms with van der Waals surface area (Å²) in [5.41, 5.74) is 2.09. The van der Waals surface area contributed by atoms with Crippen molar-refractivity contribution in [2.75, 3.05) is 6.61 Å². The van der Waals surface area contributed by atoms with Crippen molar-refractivity contribution < 1.29 is 9.53 Å². The Labute approximate surface area is 106 Å². The lowest BCUT2D eigenvalue weighted by Gasteiger charge is -2.16. The standard InChI is InChI=1S/C15H26O2/c1-7-12(2)9-8-10-13(3)11-17-14(16)15(4,5)6/h7,10H,8-9,11H2,1-6H3. The molecule has 0 spiro atoms. The molecule has 0 saturated heterocycles. The molecule has 0 bridgehead atoms. The summed E-state index contributed by atoms with van der Waals surface area (Å²) in [6, 6.07) is 0. The summed E-state index contributed by atoms with van der Waals surface area (Å²) in [4.78, 5) is 11.5. The lowest BCUT2D eigenvalue weighted by atomic mass is 9.97. The quantitative estimate of drug-likeness (QED) is 0.528. The van der Waals surface area contributed by atoms with Crippen LogP contribution >= 0.6 is 0 Å². The molecular formula is C15H26O2. The Kier molecular flexibility index (Phi) is 6.86. The SMILES string of the molecule is CC=C(C)CCC=C(C)COC(=O)C(C)(C)C. The number of hydrogen-bond acceptors (Lipinski definition) is 2. The van der Waals surface area contributed by atoms with Crippen molar-refractivity contribution in [2.24, 2.45) is 5.41 Å². The third kappa shape index (κ3) is 7.78. The molecule has 0 aromatic rings. The number of rotatable bonds is 5. The lowest BCUT2D eigenvalue weighted by Crippen LogP contribution is -2.23. The van der Waals surface area contributed by atoms with E-state index in [2.05, 4.69) is 26.0 Å². The smallest absolute Gasteiger partial charge is 0.311 e. The van der Waals surface area contributed by atoms with Crippen LogP contribution in [0.15, 0.2) is 23.3 Å². The van der Waals surface area contributed by atoms with Crippen LogP contribution in [0.3, 0.4) is 0 Å². The van der Waals surface area contributed by atoms with Crippen molar-refractivity contribution in [1.29, 1.82) is 0 Å². The summed E-state index contributed by atoms with van der Waals surface area (Å²) in [5.74, 6) is -0.144. The second-order valence-electron chi connectivity index (χ2n) is 5.55. The Morgan fingerprint density at radius 2 is 1.76 bits per heavy atom. The van der Waals surface area contributed by atoms with Gasteiger partial charge in [0, 0.05) is 0 Å². The Balaban J connectivity index is 3.98. The van der Waals surface area contributed by atoms with Gasteiger partial charge in [0.05, 0.1) is 5.41 Å². The maximum atomic E-state index is 11.5. The summed E-state index contributed by atoms with van der Waals surface area (Å²) in [5, 5.41) is 0. The van der Waals surface area contributed by atoms with E-state index in [4.69, 9.17) is 4.74 Å². The summed E-state index contributed by atoms with van der Waals surface area (Å²) in [6.07, 6.45) is 6.35. The minimum Gasteiger partial charge on any atom is -0.461 e. The molecule has 2 heteroatoms. The Hall–Kier alpha value is -1.05. The predicted octanol–water partition coefficient (Wildman–Crippen LogP) is 4.27. The summed E-state index contributed by atoms with van der Waals surface area (Å²) >= 11 is 0. The zero-order chi connectivity index (χ0) is 13.5. The summed E-state index contributed by atoms with van der Waals surface area (Å²) in [7, 11) is 0. The van der Waals surface area contributed by atoms with Crippen LogP contribution in [0.25, 0.3) is 0 Å². The minimum absolute atomic E-state index is 0.144. The monoisotopic (exact) mass is 238 g/mol. The average molecular weight is 238 g/mol. The molecule has 0 aliphatic carbocycles. The van der Waals surface area contributed by atoms with E-state index < -0.39 is 5.41 Å². The molecule has 0 N–H and O–H groups in total.